The van der Waals surface area contributed by atoms with E-state index in [4.69, 9.17) is 4.52 Å². The molecule has 2 heterocycles. The van der Waals surface area contributed by atoms with Crippen LogP contribution >= 0.6 is 11.3 Å². The van der Waals surface area contributed by atoms with E-state index in [-0.39, 0.29) is 22.0 Å². The van der Waals surface area contributed by atoms with E-state index in [1.54, 1.807) is 31.2 Å². The predicted molar refractivity (Wildman–Crippen MR) is 126 cm³/mol. The Morgan fingerprint density at radius 3 is 2.69 bits per heavy atom. The summed E-state index contributed by atoms with van der Waals surface area (Å²) in [7, 11) is -3.61. The molecule has 0 saturated heterocycles. The minimum absolute atomic E-state index is 0.0220. The Bertz CT molecular complexity index is 1230. The van der Waals surface area contributed by atoms with Crippen LogP contribution in [0.15, 0.2) is 51.2 Å². The van der Waals surface area contributed by atoms with Crippen molar-refractivity contribution in [2.75, 3.05) is 11.9 Å². The first-order valence-electron chi connectivity index (χ1n) is 10.4. The van der Waals surface area contributed by atoms with Gasteiger partial charge in [0, 0.05) is 17.3 Å². The number of benzene rings is 1. The highest BCUT2D eigenvalue weighted by Gasteiger charge is 2.30. The maximum Gasteiger partial charge on any atom is 0.250 e. The van der Waals surface area contributed by atoms with Crippen molar-refractivity contribution in [3.05, 3.63) is 64.4 Å². The Morgan fingerprint density at radius 2 is 1.97 bits per heavy atom. The fraction of sp³-hybridized carbons (Fsp3) is 0.304. The third kappa shape index (κ3) is 5.35. The summed E-state index contributed by atoms with van der Waals surface area (Å²) in [6.45, 7) is 4.07. The number of amides is 1. The first-order valence-corrected chi connectivity index (χ1v) is 12.7. The van der Waals surface area contributed by atoms with Crippen molar-refractivity contribution in [1.82, 2.24) is 9.88 Å². The number of nitrogens with zero attached hydrogens (tertiary/aromatic N) is 1. The van der Waals surface area contributed by atoms with Gasteiger partial charge in [-0.15, -0.1) is 11.3 Å². The molecule has 7 nitrogen and oxygen atoms in total. The molecule has 1 fully saturated rings. The van der Waals surface area contributed by atoms with Crippen molar-refractivity contribution in [3.63, 3.8) is 0 Å². The summed E-state index contributed by atoms with van der Waals surface area (Å²) in [4.78, 5) is 12.8. The van der Waals surface area contributed by atoms with E-state index in [0.29, 0.717) is 23.7 Å². The number of sulfonamides is 1. The molecule has 1 atom stereocenters. The SMILES string of the molecule is Cc1noc(/C=C/c2ccc(S(=O)(=O)NC[C@@H](C)c3ccccc3)s2)c1NC(=O)C1CC1. The molecule has 4 rings (SSSR count). The molecule has 1 saturated carbocycles. The van der Waals surface area contributed by atoms with E-state index >= 15 is 0 Å². The normalized spacial score (nSPS) is 15.2. The van der Waals surface area contributed by atoms with Crippen LogP contribution in [-0.4, -0.2) is 26.0 Å². The molecular formula is C23H25N3O4S2. The smallest absolute Gasteiger partial charge is 0.250 e. The third-order valence-corrected chi connectivity index (χ3v) is 8.27. The van der Waals surface area contributed by atoms with Gasteiger partial charge in [0.2, 0.25) is 15.9 Å². The van der Waals surface area contributed by atoms with Crippen LogP contribution in [-0.2, 0) is 14.8 Å². The molecule has 2 aromatic heterocycles. The quantitative estimate of drug-likeness (QED) is 0.473. The second-order valence-electron chi connectivity index (χ2n) is 7.92. The molecule has 0 unspecified atom stereocenters. The lowest BCUT2D eigenvalue weighted by atomic mass is 10.0. The predicted octanol–water partition coefficient (Wildman–Crippen LogP) is 4.65. The zero-order chi connectivity index (χ0) is 22.7. The molecule has 168 valence electrons. The Labute approximate surface area is 191 Å². The van der Waals surface area contributed by atoms with Crippen LogP contribution in [0.3, 0.4) is 0 Å². The number of carbonyl (C=O) groups excluding carboxylic acids is 1. The summed E-state index contributed by atoms with van der Waals surface area (Å²) in [6, 6.07) is 13.1. The van der Waals surface area contributed by atoms with Gasteiger partial charge in [0.05, 0.1) is 0 Å². The van der Waals surface area contributed by atoms with Crippen molar-refractivity contribution in [2.24, 2.45) is 5.92 Å². The van der Waals surface area contributed by atoms with Crippen LogP contribution in [0.25, 0.3) is 12.2 Å². The van der Waals surface area contributed by atoms with Crippen molar-refractivity contribution in [2.45, 2.75) is 36.8 Å². The molecule has 0 spiro atoms. The van der Waals surface area contributed by atoms with Gasteiger partial charge in [0.15, 0.2) is 5.76 Å². The van der Waals surface area contributed by atoms with Crippen LogP contribution in [0.4, 0.5) is 5.69 Å². The third-order valence-electron chi connectivity index (χ3n) is 5.30. The van der Waals surface area contributed by atoms with E-state index < -0.39 is 10.0 Å². The molecule has 0 radical (unpaired) electrons. The van der Waals surface area contributed by atoms with E-state index in [9.17, 15) is 13.2 Å². The van der Waals surface area contributed by atoms with Gasteiger partial charge >= 0.3 is 0 Å². The molecule has 1 amide bonds. The molecule has 1 aliphatic rings. The van der Waals surface area contributed by atoms with Crippen LogP contribution in [0.5, 0.6) is 0 Å². The van der Waals surface area contributed by atoms with Gasteiger partial charge in [-0.3, -0.25) is 4.79 Å². The summed E-state index contributed by atoms with van der Waals surface area (Å²) in [5, 5.41) is 6.81. The topological polar surface area (TPSA) is 101 Å². The minimum Gasteiger partial charge on any atom is -0.354 e. The summed E-state index contributed by atoms with van der Waals surface area (Å²) in [5.74, 6) is 0.544. The van der Waals surface area contributed by atoms with Gasteiger partial charge in [-0.2, -0.15) is 0 Å². The molecule has 32 heavy (non-hydrogen) atoms. The first-order chi connectivity index (χ1) is 15.3. The zero-order valence-corrected chi connectivity index (χ0v) is 19.5. The Morgan fingerprint density at radius 1 is 1.22 bits per heavy atom. The van der Waals surface area contributed by atoms with Crippen LogP contribution < -0.4 is 10.0 Å². The summed E-state index contributed by atoms with van der Waals surface area (Å²) in [5.41, 5.74) is 2.24. The molecule has 9 heteroatoms. The van der Waals surface area contributed by atoms with Crippen LogP contribution in [0, 0.1) is 12.8 Å². The zero-order valence-electron chi connectivity index (χ0n) is 17.9. The van der Waals surface area contributed by atoms with Gasteiger partial charge in [-0.25, -0.2) is 13.1 Å². The van der Waals surface area contributed by atoms with Crippen LogP contribution in [0.1, 0.15) is 47.6 Å². The van der Waals surface area contributed by atoms with Gasteiger partial charge in [-0.1, -0.05) is 42.4 Å². The number of hydrogen-bond donors (Lipinski definition) is 2. The molecule has 3 aromatic rings. The van der Waals surface area contributed by atoms with Gasteiger partial charge in [0.1, 0.15) is 15.6 Å². The standard InChI is InChI=1S/C23H25N3O4S2/c1-15(17-6-4-3-5-7-17)14-24-32(28,29)21-13-11-19(31-21)10-12-20-22(16(2)26-30-20)25-23(27)18-8-9-18/h3-7,10-13,15,18,24H,8-9,14H2,1-2H3,(H,25,27)/b12-10+/t15-/m1/s1. The number of thiophene rings is 1. The maximum absolute atomic E-state index is 12.7. The van der Waals surface area contributed by atoms with E-state index in [1.165, 1.54) is 0 Å². The fourth-order valence-corrected chi connectivity index (χ4v) is 5.56. The fourth-order valence-electron chi connectivity index (χ4n) is 3.16. The Kier molecular flexibility index (Phi) is 6.59. The average Bonchev–Trinajstić information content (AvgIpc) is 3.44. The van der Waals surface area contributed by atoms with Gasteiger partial charge < -0.3 is 9.84 Å². The molecule has 1 aliphatic carbocycles. The Balaban J connectivity index is 1.41. The number of aryl methyl sites for hydroxylation is 1. The van der Waals surface area contributed by atoms with E-state index in [0.717, 1.165) is 34.6 Å². The molecule has 0 bridgehead atoms. The number of nitrogens with one attached hydrogen (secondary N) is 2. The number of aromatic nitrogens is 1. The van der Waals surface area contributed by atoms with Crippen molar-refractivity contribution >= 4 is 45.1 Å². The lowest BCUT2D eigenvalue weighted by molar-refractivity contribution is -0.117. The summed E-state index contributed by atoms with van der Waals surface area (Å²) in [6.07, 6.45) is 5.26. The second kappa shape index (κ2) is 9.40. The lowest BCUT2D eigenvalue weighted by Crippen LogP contribution is -2.27. The second-order valence-corrected chi connectivity index (χ2v) is 11.0. The van der Waals surface area contributed by atoms with E-state index in [2.05, 4.69) is 15.2 Å². The maximum atomic E-state index is 12.7. The number of hydrogen-bond acceptors (Lipinski definition) is 6. The molecular weight excluding hydrogens is 446 g/mol. The molecule has 1 aromatic carbocycles. The summed E-state index contributed by atoms with van der Waals surface area (Å²) < 4.78 is 33.7. The number of rotatable bonds is 9. The summed E-state index contributed by atoms with van der Waals surface area (Å²) >= 11 is 1.16. The van der Waals surface area contributed by atoms with Crippen molar-refractivity contribution in [3.8, 4) is 0 Å². The minimum atomic E-state index is -3.61. The highest BCUT2D eigenvalue weighted by Crippen LogP contribution is 2.32. The van der Waals surface area contributed by atoms with Crippen molar-refractivity contribution < 1.29 is 17.7 Å². The van der Waals surface area contributed by atoms with Gasteiger partial charge in [0.25, 0.3) is 0 Å². The highest BCUT2D eigenvalue weighted by molar-refractivity contribution is 7.91. The highest BCUT2D eigenvalue weighted by atomic mass is 32.2. The van der Waals surface area contributed by atoms with Crippen LogP contribution in [0.2, 0.25) is 0 Å². The van der Waals surface area contributed by atoms with Gasteiger partial charge in [-0.05, 0) is 55.5 Å². The monoisotopic (exact) mass is 471 g/mol. The molecule has 0 aliphatic heterocycles. The first kappa shape index (κ1) is 22.4. The number of carbonyl (C=O) groups is 1. The molecule has 2 N–H and O–H groups in total. The number of anilines is 1. The lowest BCUT2D eigenvalue weighted by Gasteiger charge is -2.12. The van der Waals surface area contributed by atoms with Crippen molar-refractivity contribution in [1.29, 1.82) is 0 Å². The average molecular weight is 472 g/mol. The van der Waals surface area contributed by atoms with E-state index in [1.807, 2.05) is 37.3 Å². The largest absolute Gasteiger partial charge is 0.354 e. The Hall–Kier alpha value is -2.75.